The molecule has 3 rings (SSSR count). The van der Waals surface area contributed by atoms with Crippen LogP contribution in [0.3, 0.4) is 0 Å². The van der Waals surface area contributed by atoms with Crippen molar-refractivity contribution in [1.82, 2.24) is 0 Å². The molecule has 0 heterocycles. The zero-order chi connectivity index (χ0) is 15.5. The predicted octanol–water partition coefficient (Wildman–Crippen LogP) is 5.19. The first kappa shape index (κ1) is 14.4. The third-order valence-corrected chi connectivity index (χ3v) is 4.07. The molecule has 1 N–H and O–H groups in total. The molecule has 1 nitrogen and oxygen atoms in total. The van der Waals surface area contributed by atoms with Crippen LogP contribution in [0.4, 0.5) is 0 Å². The second kappa shape index (κ2) is 6.07. The lowest BCUT2D eigenvalue weighted by Crippen LogP contribution is -2.04. The SMILES string of the molecule is Cc1ccc(C(c2ccc(C)cc2)c2ccccc2O)cc1. The number of para-hydroxylation sites is 1. The van der Waals surface area contributed by atoms with Gasteiger partial charge in [-0.15, -0.1) is 0 Å². The van der Waals surface area contributed by atoms with Crippen LogP contribution in [0.25, 0.3) is 0 Å². The van der Waals surface area contributed by atoms with Crippen LogP contribution in [0.1, 0.15) is 33.7 Å². The molecule has 0 aliphatic rings. The van der Waals surface area contributed by atoms with Gasteiger partial charge in [-0.05, 0) is 31.0 Å². The fourth-order valence-corrected chi connectivity index (χ4v) is 2.80. The molecule has 0 fully saturated rings. The van der Waals surface area contributed by atoms with Gasteiger partial charge in [0.15, 0.2) is 0 Å². The molecule has 0 bridgehead atoms. The van der Waals surface area contributed by atoms with Gasteiger partial charge in [0.05, 0.1) is 0 Å². The van der Waals surface area contributed by atoms with Gasteiger partial charge in [-0.3, -0.25) is 0 Å². The third kappa shape index (κ3) is 2.89. The molecule has 0 saturated heterocycles. The van der Waals surface area contributed by atoms with Crippen LogP contribution in [0, 0.1) is 13.8 Å². The number of aromatic hydroxyl groups is 1. The Labute approximate surface area is 131 Å². The van der Waals surface area contributed by atoms with Crippen molar-refractivity contribution >= 4 is 0 Å². The second-order valence-electron chi connectivity index (χ2n) is 5.81. The number of phenols is 1. The van der Waals surface area contributed by atoms with E-state index in [0.717, 1.165) is 5.56 Å². The Balaban J connectivity index is 2.16. The van der Waals surface area contributed by atoms with Crippen LogP contribution >= 0.6 is 0 Å². The normalized spacial score (nSPS) is 10.9. The highest BCUT2D eigenvalue weighted by Gasteiger charge is 2.19. The molecule has 0 aromatic heterocycles. The summed E-state index contributed by atoms with van der Waals surface area (Å²) in [6.45, 7) is 4.18. The Morgan fingerprint density at radius 2 is 1.09 bits per heavy atom. The second-order valence-corrected chi connectivity index (χ2v) is 5.81. The van der Waals surface area contributed by atoms with E-state index in [1.165, 1.54) is 22.3 Å². The topological polar surface area (TPSA) is 20.2 Å². The summed E-state index contributed by atoms with van der Waals surface area (Å²) >= 11 is 0. The zero-order valence-corrected chi connectivity index (χ0v) is 13.0. The standard InChI is InChI=1S/C21H20O/c1-15-7-11-17(12-8-15)21(18-13-9-16(2)10-14-18)19-5-3-4-6-20(19)22/h3-14,21-22H,1-2H3. The summed E-state index contributed by atoms with van der Waals surface area (Å²) in [6, 6.07) is 24.7. The minimum absolute atomic E-state index is 0.0439. The number of phenolic OH excluding ortho intramolecular Hbond substituents is 1. The van der Waals surface area contributed by atoms with E-state index in [-0.39, 0.29) is 5.92 Å². The maximum absolute atomic E-state index is 10.3. The summed E-state index contributed by atoms with van der Waals surface area (Å²) in [6.07, 6.45) is 0. The van der Waals surface area contributed by atoms with E-state index in [1.807, 2.05) is 18.2 Å². The maximum Gasteiger partial charge on any atom is 0.119 e. The fourth-order valence-electron chi connectivity index (χ4n) is 2.80. The van der Waals surface area contributed by atoms with Gasteiger partial charge < -0.3 is 5.11 Å². The molecule has 0 unspecified atom stereocenters. The maximum atomic E-state index is 10.3. The average Bonchev–Trinajstić information content (AvgIpc) is 2.53. The van der Waals surface area contributed by atoms with Crippen molar-refractivity contribution in [2.24, 2.45) is 0 Å². The average molecular weight is 288 g/mol. The van der Waals surface area contributed by atoms with Gasteiger partial charge >= 0.3 is 0 Å². The molecule has 0 atom stereocenters. The van der Waals surface area contributed by atoms with Crippen LogP contribution in [-0.4, -0.2) is 5.11 Å². The highest BCUT2D eigenvalue weighted by molar-refractivity contribution is 5.49. The molecule has 3 aromatic rings. The monoisotopic (exact) mass is 288 g/mol. The van der Waals surface area contributed by atoms with Crippen molar-refractivity contribution in [1.29, 1.82) is 0 Å². The van der Waals surface area contributed by atoms with E-state index in [4.69, 9.17) is 0 Å². The van der Waals surface area contributed by atoms with Gasteiger partial charge in [0.25, 0.3) is 0 Å². The van der Waals surface area contributed by atoms with Gasteiger partial charge in [0, 0.05) is 11.5 Å². The first-order valence-electron chi connectivity index (χ1n) is 7.56. The van der Waals surface area contributed by atoms with Crippen LogP contribution < -0.4 is 0 Å². The molecule has 0 spiro atoms. The number of hydrogen-bond donors (Lipinski definition) is 1. The molecule has 110 valence electrons. The van der Waals surface area contributed by atoms with Crippen LogP contribution in [0.5, 0.6) is 5.75 Å². The fraction of sp³-hybridized carbons (Fsp3) is 0.143. The van der Waals surface area contributed by atoms with Crippen molar-refractivity contribution in [2.45, 2.75) is 19.8 Å². The molecule has 0 amide bonds. The first-order valence-corrected chi connectivity index (χ1v) is 7.56. The van der Waals surface area contributed by atoms with Crippen molar-refractivity contribution in [3.63, 3.8) is 0 Å². The Bertz CT molecular complexity index is 709. The largest absolute Gasteiger partial charge is 0.508 e. The number of hydrogen-bond acceptors (Lipinski definition) is 1. The molecule has 0 aliphatic heterocycles. The van der Waals surface area contributed by atoms with Crippen molar-refractivity contribution < 1.29 is 5.11 Å². The van der Waals surface area contributed by atoms with Gasteiger partial charge in [-0.25, -0.2) is 0 Å². The number of aryl methyl sites for hydroxylation is 2. The summed E-state index contributed by atoms with van der Waals surface area (Å²) in [7, 11) is 0. The molecule has 0 radical (unpaired) electrons. The lowest BCUT2D eigenvalue weighted by molar-refractivity contribution is 0.467. The quantitative estimate of drug-likeness (QED) is 0.658. The Morgan fingerprint density at radius 1 is 0.636 bits per heavy atom. The highest BCUT2D eigenvalue weighted by Crippen LogP contribution is 2.36. The summed E-state index contributed by atoms with van der Waals surface area (Å²) in [5.41, 5.74) is 5.80. The molecule has 1 heteroatoms. The highest BCUT2D eigenvalue weighted by atomic mass is 16.3. The van der Waals surface area contributed by atoms with Crippen molar-refractivity contribution in [3.8, 4) is 5.75 Å². The molecular weight excluding hydrogens is 268 g/mol. The van der Waals surface area contributed by atoms with Crippen molar-refractivity contribution in [3.05, 3.63) is 101 Å². The Morgan fingerprint density at radius 3 is 1.55 bits per heavy atom. The van der Waals surface area contributed by atoms with Crippen molar-refractivity contribution in [2.75, 3.05) is 0 Å². The van der Waals surface area contributed by atoms with E-state index in [0.29, 0.717) is 5.75 Å². The van der Waals surface area contributed by atoms with E-state index < -0.39 is 0 Å². The van der Waals surface area contributed by atoms with E-state index in [2.05, 4.69) is 62.4 Å². The molecule has 0 aliphatic carbocycles. The van der Waals surface area contributed by atoms with Gasteiger partial charge in [-0.1, -0.05) is 77.9 Å². The van der Waals surface area contributed by atoms with Gasteiger partial charge in [0.1, 0.15) is 5.75 Å². The third-order valence-electron chi connectivity index (χ3n) is 4.07. The minimum atomic E-state index is 0.0439. The summed E-state index contributed by atoms with van der Waals surface area (Å²) in [4.78, 5) is 0. The van der Waals surface area contributed by atoms with Gasteiger partial charge in [0.2, 0.25) is 0 Å². The molecule has 0 saturated carbocycles. The van der Waals surface area contributed by atoms with Crippen LogP contribution in [-0.2, 0) is 0 Å². The molecule has 3 aromatic carbocycles. The summed E-state index contributed by atoms with van der Waals surface area (Å²) in [5.74, 6) is 0.385. The zero-order valence-electron chi connectivity index (χ0n) is 13.0. The minimum Gasteiger partial charge on any atom is -0.508 e. The molecule has 22 heavy (non-hydrogen) atoms. The lowest BCUT2D eigenvalue weighted by atomic mass is 9.84. The van der Waals surface area contributed by atoms with E-state index >= 15 is 0 Å². The van der Waals surface area contributed by atoms with Crippen LogP contribution in [0.15, 0.2) is 72.8 Å². The van der Waals surface area contributed by atoms with E-state index in [9.17, 15) is 5.11 Å². The lowest BCUT2D eigenvalue weighted by Gasteiger charge is -2.20. The molecular formula is C21H20O. The van der Waals surface area contributed by atoms with Crippen LogP contribution in [0.2, 0.25) is 0 Å². The first-order chi connectivity index (χ1) is 10.6. The summed E-state index contributed by atoms with van der Waals surface area (Å²) < 4.78 is 0. The predicted molar refractivity (Wildman–Crippen MR) is 91.4 cm³/mol. The summed E-state index contributed by atoms with van der Waals surface area (Å²) in [5, 5.41) is 10.3. The Hall–Kier alpha value is -2.54. The Kier molecular flexibility index (Phi) is 3.97. The van der Waals surface area contributed by atoms with E-state index in [1.54, 1.807) is 6.07 Å². The van der Waals surface area contributed by atoms with Gasteiger partial charge in [-0.2, -0.15) is 0 Å². The smallest absolute Gasteiger partial charge is 0.119 e. The number of rotatable bonds is 3. The number of benzene rings is 3.